The number of nitrogens with zero attached hydrogens (tertiary/aromatic N) is 2. The van der Waals surface area contributed by atoms with Crippen LogP contribution in [-0.4, -0.2) is 40.4 Å². The topological polar surface area (TPSA) is 79.3 Å². The lowest BCUT2D eigenvalue weighted by molar-refractivity contribution is 0.289. The molecule has 0 saturated heterocycles. The van der Waals surface area contributed by atoms with Gasteiger partial charge in [-0.15, -0.1) is 0 Å². The van der Waals surface area contributed by atoms with Gasteiger partial charge in [0.25, 0.3) is 0 Å². The van der Waals surface area contributed by atoms with Crippen LogP contribution in [0.4, 0.5) is 5.82 Å². The molecule has 16 heavy (non-hydrogen) atoms. The highest BCUT2D eigenvalue weighted by atomic mass is 32.1. The van der Waals surface area contributed by atoms with Gasteiger partial charge in [-0.05, 0) is 18.6 Å². The fourth-order valence-electron chi connectivity index (χ4n) is 0.961. The quantitative estimate of drug-likeness (QED) is 0.501. The van der Waals surface area contributed by atoms with Gasteiger partial charge >= 0.3 is 0 Å². The molecule has 0 bridgehead atoms. The van der Waals surface area contributed by atoms with Crippen LogP contribution in [0.25, 0.3) is 0 Å². The molecule has 0 atom stereocenters. The molecule has 1 heterocycles. The van der Waals surface area contributed by atoms with E-state index in [1.54, 1.807) is 6.07 Å². The number of thiocarbonyl (C=S) groups is 1. The lowest BCUT2D eigenvalue weighted by Gasteiger charge is -2.09. The van der Waals surface area contributed by atoms with Gasteiger partial charge in [-0.2, -0.15) is 0 Å². The fourth-order valence-corrected chi connectivity index (χ4v) is 1.17. The van der Waals surface area contributed by atoms with Crippen molar-refractivity contribution in [3.05, 3.63) is 12.4 Å². The van der Waals surface area contributed by atoms with Crippen molar-refractivity contribution in [2.75, 3.05) is 25.6 Å². The molecule has 0 unspecified atom stereocenters. The number of nitrogens with one attached hydrogen (secondary N) is 2. The lowest BCUT2D eigenvalue weighted by atomic mass is 10.4. The monoisotopic (exact) mass is 242 g/mol. The predicted octanol–water partition coefficient (Wildman–Crippen LogP) is 0.154. The molecular weight excluding hydrogens is 228 g/mol. The first kappa shape index (κ1) is 12.6. The number of aliphatic hydroxyl groups excluding tert-OH is 1. The Morgan fingerprint density at radius 3 is 3.06 bits per heavy atom. The van der Waals surface area contributed by atoms with E-state index in [4.69, 9.17) is 22.1 Å². The molecule has 0 radical (unpaired) electrons. The summed E-state index contributed by atoms with van der Waals surface area (Å²) in [6.07, 6.45) is 2.03. The average Bonchev–Trinajstić information content (AvgIpc) is 2.29. The van der Waals surface area contributed by atoms with Crippen molar-refractivity contribution in [1.82, 2.24) is 15.3 Å². The number of hydrogen-bond acceptors (Lipinski definition) is 5. The van der Waals surface area contributed by atoms with E-state index in [-0.39, 0.29) is 6.61 Å². The normalized spacial score (nSPS) is 9.62. The molecule has 1 aromatic heterocycles. The molecule has 6 nitrogen and oxygen atoms in total. The van der Waals surface area contributed by atoms with Crippen LogP contribution in [-0.2, 0) is 0 Å². The van der Waals surface area contributed by atoms with Gasteiger partial charge in [0.1, 0.15) is 12.1 Å². The summed E-state index contributed by atoms with van der Waals surface area (Å²) in [5.74, 6) is 1.03. The Labute approximate surface area is 99.1 Å². The van der Waals surface area contributed by atoms with Gasteiger partial charge in [0, 0.05) is 19.2 Å². The molecular formula is C9H14N4O2S. The molecule has 88 valence electrons. The summed E-state index contributed by atoms with van der Waals surface area (Å²) in [6.45, 7) is 0.751. The summed E-state index contributed by atoms with van der Waals surface area (Å²) in [7, 11) is 1.53. The van der Waals surface area contributed by atoms with Gasteiger partial charge in [-0.3, -0.25) is 0 Å². The van der Waals surface area contributed by atoms with E-state index in [9.17, 15) is 0 Å². The van der Waals surface area contributed by atoms with Gasteiger partial charge in [0.05, 0.1) is 7.11 Å². The van der Waals surface area contributed by atoms with Crippen molar-refractivity contribution in [2.45, 2.75) is 6.42 Å². The second kappa shape index (κ2) is 6.91. The van der Waals surface area contributed by atoms with E-state index < -0.39 is 0 Å². The number of rotatable bonds is 5. The molecule has 1 aromatic rings. The van der Waals surface area contributed by atoms with Crippen molar-refractivity contribution in [3.63, 3.8) is 0 Å². The van der Waals surface area contributed by atoms with E-state index in [1.807, 2.05) is 0 Å². The second-order valence-corrected chi connectivity index (χ2v) is 3.31. The largest absolute Gasteiger partial charge is 0.481 e. The van der Waals surface area contributed by atoms with Crippen LogP contribution in [0.15, 0.2) is 12.4 Å². The summed E-state index contributed by atoms with van der Waals surface area (Å²) in [5.41, 5.74) is 0. The first-order valence-electron chi connectivity index (χ1n) is 4.78. The average molecular weight is 242 g/mol. The minimum Gasteiger partial charge on any atom is -0.481 e. The Morgan fingerprint density at radius 2 is 2.38 bits per heavy atom. The summed E-state index contributed by atoms with van der Waals surface area (Å²) < 4.78 is 4.95. The van der Waals surface area contributed by atoms with Gasteiger partial charge in [0.15, 0.2) is 5.11 Å². The zero-order valence-corrected chi connectivity index (χ0v) is 9.75. The third kappa shape index (κ3) is 4.37. The fraction of sp³-hybridized carbons (Fsp3) is 0.444. The van der Waals surface area contributed by atoms with Crippen molar-refractivity contribution < 1.29 is 9.84 Å². The van der Waals surface area contributed by atoms with E-state index in [2.05, 4.69) is 20.6 Å². The number of anilines is 1. The molecule has 0 aromatic carbocycles. The van der Waals surface area contributed by atoms with Crippen LogP contribution >= 0.6 is 12.2 Å². The molecule has 3 N–H and O–H groups in total. The molecule has 0 aliphatic heterocycles. The Kier molecular flexibility index (Phi) is 5.44. The van der Waals surface area contributed by atoms with E-state index >= 15 is 0 Å². The van der Waals surface area contributed by atoms with E-state index in [0.29, 0.717) is 29.8 Å². The minimum atomic E-state index is 0.136. The Balaban J connectivity index is 2.43. The van der Waals surface area contributed by atoms with Crippen LogP contribution in [0.3, 0.4) is 0 Å². The van der Waals surface area contributed by atoms with E-state index in [1.165, 1.54) is 13.4 Å². The maximum absolute atomic E-state index is 8.60. The second-order valence-electron chi connectivity index (χ2n) is 2.90. The van der Waals surface area contributed by atoms with Gasteiger partial charge in [-0.1, -0.05) is 0 Å². The third-order valence-electron chi connectivity index (χ3n) is 1.71. The van der Waals surface area contributed by atoms with Gasteiger partial charge in [-0.25, -0.2) is 9.97 Å². The maximum atomic E-state index is 8.60. The molecule has 0 saturated carbocycles. The molecule has 0 fully saturated rings. The van der Waals surface area contributed by atoms with Gasteiger partial charge < -0.3 is 20.5 Å². The summed E-state index contributed by atoms with van der Waals surface area (Å²) >= 11 is 5.02. The molecule has 0 aliphatic rings. The number of aliphatic hydroxyl groups is 1. The number of ether oxygens (including phenoxy) is 1. The zero-order chi connectivity index (χ0) is 11.8. The first-order valence-corrected chi connectivity index (χ1v) is 5.19. The maximum Gasteiger partial charge on any atom is 0.218 e. The Hall–Kier alpha value is -1.47. The first-order chi connectivity index (χ1) is 7.76. The van der Waals surface area contributed by atoms with Crippen LogP contribution in [0, 0.1) is 0 Å². The summed E-state index contributed by atoms with van der Waals surface area (Å²) in [5, 5.41) is 14.9. The highest BCUT2D eigenvalue weighted by Gasteiger charge is 2.00. The highest BCUT2D eigenvalue weighted by Crippen LogP contribution is 2.09. The molecule has 0 aliphatic carbocycles. The van der Waals surface area contributed by atoms with Gasteiger partial charge in [0.2, 0.25) is 5.88 Å². The predicted molar refractivity (Wildman–Crippen MR) is 64.5 cm³/mol. The molecule has 0 spiro atoms. The number of aromatic nitrogens is 2. The van der Waals surface area contributed by atoms with Crippen LogP contribution < -0.4 is 15.4 Å². The minimum absolute atomic E-state index is 0.136. The zero-order valence-electron chi connectivity index (χ0n) is 8.93. The van der Waals surface area contributed by atoms with Crippen LogP contribution in [0.2, 0.25) is 0 Å². The summed E-state index contributed by atoms with van der Waals surface area (Å²) in [4.78, 5) is 7.85. The Morgan fingerprint density at radius 1 is 1.56 bits per heavy atom. The SMILES string of the molecule is COc1cc(NC(=S)NCCCO)ncn1. The van der Waals surface area contributed by atoms with Crippen LogP contribution in [0.1, 0.15) is 6.42 Å². The third-order valence-corrected chi connectivity index (χ3v) is 1.96. The van der Waals surface area contributed by atoms with Crippen molar-refractivity contribution in [3.8, 4) is 5.88 Å². The standard InChI is InChI=1S/C9H14N4O2S/c1-15-8-5-7(11-6-12-8)13-9(16)10-3-2-4-14/h5-6,14H,2-4H2,1H3,(H2,10,11,12,13,16). The molecule has 7 heteroatoms. The van der Waals surface area contributed by atoms with Crippen molar-refractivity contribution >= 4 is 23.1 Å². The van der Waals surface area contributed by atoms with E-state index in [0.717, 1.165) is 0 Å². The smallest absolute Gasteiger partial charge is 0.218 e. The van der Waals surface area contributed by atoms with Crippen molar-refractivity contribution in [2.24, 2.45) is 0 Å². The van der Waals surface area contributed by atoms with Crippen molar-refractivity contribution in [1.29, 1.82) is 0 Å². The van der Waals surface area contributed by atoms with Crippen LogP contribution in [0.5, 0.6) is 5.88 Å². The lowest BCUT2D eigenvalue weighted by Crippen LogP contribution is -2.30. The molecule has 0 amide bonds. The highest BCUT2D eigenvalue weighted by molar-refractivity contribution is 7.80. The Bertz CT molecular complexity index is 348. The number of methoxy groups -OCH3 is 1. The summed E-state index contributed by atoms with van der Waals surface area (Å²) in [6, 6.07) is 1.64. The molecule has 1 rings (SSSR count). The number of hydrogen-bond donors (Lipinski definition) is 3.